The summed E-state index contributed by atoms with van der Waals surface area (Å²) in [6, 6.07) is 11.1. The minimum atomic E-state index is -0.298. The van der Waals surface area contributed by atoms with E-state index in [0.717, 1.165) is 11.3 Å². The van der Waals surface area contributed by atoms with E-state index in [4.69, 9.17) is 9.47 Å². The lowest BCUT2D eigenvalue weighted by molar-refractivity contribution is -0.113. The third kappa shape index (κ3) is 5.20. The van der Waals surface area contributed by atoms with E-state index in [2.05, 4.69) is 15.5 Å². The van der Waals surface area contributed by atoms with Crippen LogP contribution in [0.4, 0.5) is 5.69 Å². The molecule has 3 aromatic rings. The van der Waals surface area contributed by atoms with Crippen LogP contribution in [-0.4, -0.2) is 65.5 Å². The second kappa shape index (κ2) is 10.2. The van der Waals surface area contributed by atoms with E-state index in [9.17, 15) is 9.59 Å². The Morgan fingerprint density at radius 2 is 1.75 bits per heavy atom. The van der Waals surface area contributed by atoms with E-state index < -0.39 is 0 Å². The summed E-state index contributed by atoms with van der Waals surface area (Å²) < 4.78 is 12.4. The SMILES string of the molecule is COc1cc(NC(=O)CSc2nncn2-c2ccc(C)cc2)c(C(=O)N(C)C)cc1OC. The first-order valence-electron chi connectivity index (χ1n) is 9.71. The zero-order chi connectivity index (χ0) is 23.3. The number of thioether (sulfide) groups is 1. The minimum Gasteiger partial charge on any atom is -0.493 e. The van der Waals surface area contributed by atoms with Crippen LogP contribution in [0.5, 0.6) is 11.5 Å². The second-order valence-electron chi connectivity index (χ2n) is 7.11. The molecule has 0 saturated heterocycles. The lowest BCUT2D eigenvalue weighted by Gasteiger charge is -2.18. The van der Waals surface area contributed by atoms with Gasteiger partial charge >= 0.3 is 0 Å². The molecule has 3 rings (SSSR count). The van der Waals surface area contributed by atoms with Gasteiger partial charge in [-0.3, -0.25) is 14.2 Å². The molecule has 0 aliphatic carbocycles. The van der Waals surface area contributed by atoms with Crippen molar-refractivity contribution >= 4 is 29.3 Å². The summed E-state index contributed by atoms with van der Waals surface area (Å²) in [7, 11) is 6.25. The Morgan fingerprint density at radius 1 is 1.09 bits per heavy atom. The number of amides is 2. The predicted octanol–water partition coefficient (Wildman–Crippen LogP) is 3.03. The highest BCUT2D eigenvalue weighted by Gasteiger charge is 2.20. The molecule has 0 radical (unpaired) electrons. The van der Waals surface area contributed by atoms with Gasteiger partial charge in [0.2, 0.25) is 5.91 Å². The van der Waals surface area contributed by atoms with Crippen molar-refractivity contribution in [2.24, 2.45) is 0 Å². The zero-order valence-corrected chi connectivity index (χ0v) is 19.4. The molecular formula is C22H25N5O4S. The first-order chi connectivity index (χ1) is 15.3. The highest BCUT2D eigenvalue weighted by Crippen LogP contribution is 2.34. The molecule has 0 fully saturated rings. The molecule has 32 heavy (non-hydrogen) atoms. The first kappa shape index (κ1) is 23.1. The number of anilines is 1. The summed E-state index contributed by atoms with van der Waals surface area (Å²) in [6.07, 6.45) is 1.60. The molecule has 2 amide bonds. The molecule has 0 aliphatic heterocycles. The van der Waals surface area contributed by atoms with Crippen LogP contribution in [0.15, 0.2) is 47.9 Å². The number of rotatable bonds is 8. The smallest absolute Gasteiger partial charge is 0.255 e. The maximum atomic E-state index is 12.7. The first-order valence-corrected chi connectivity index (χ1v) is 10.7. The number of carbonyl (C=O) groups excluding carboxylic acids is 2. The third-order valence-corrected chi connectivity index (χ3v) is 5.54. The van der Waals surface area contributed by atoms with Gasteiger partial charge in [0.15, 0.2) is 16.7 Å². The van der Waals surface area contributed by atoms with Gasteiger partial charge in [0.05, 0.1) is 31.2 Å². The number of carbonyl (C=O) groups is 2. The number of nitrogens with zero attached hydrogens (tertiary/aromatic N) is 4. The van der Waals surface area contributed by atoms with Crippen LogP contribution in [0.3, 0.4) is 0 Å². The fourth-order valence-electron chi connectivity index (χ4n) is 2.92. The molecule has 0 bridgehead atoms. The molecule has 0 saturated carbocycles. The molecule has 1 N–H and O–H groups in total. The monoisotopic (exact) mass is 455 g/mol. The minimum absolute atomic E-state index is 0.0779. The maximum Gasteiger partial charge on any atom is 0.255 e. The highest BCUT2D eigenvalue weighted by atomic mass is 32.2. The van der Waals surface area contributed by atoms with Gasteiger partial charge in [0, 0.05) is 25.8 Å². The van der Waals surface area contributed by atoms with Crippen molar-refractivity contribution in [2.75, 3.05) is 39.4 Å². The van der Waals surface area contributed by atoms with E-state index in [1.54, 1.807) is 32.6 Å². The summed E-state index contributed by atoms with van der Waals surface area (Å²) in [6.45, 7) is 2.01. The predicted molar refractivity (Wildman–Crippen MR) is 123 cm³/mol. The summed E-state index contributed by atoms with van der Waals surface area (Å²) >= 11 is 1.24. The summed E-state index contributed by atoms with van der Waals surface area (Å²) in [5.41, 5.74) is 2.69. The Balaban J connectivity index is 1.77. The van der Waals surface area contributed by atoms with Gasteiger partial charge < -0.3 is 19.7 Å². The molecule has 9 nitrogen and oxygen atoms in total. The molecule has 0 unspecified atom stereocenters. The van der Waals surface area contributed by atoms with Crippen LogP contribution in [0, 0.1) is 6.92 Å². The lowest BCUT2D eigenvalue weighted by atomic mass is 10.1. The average Bonchev–Trinajstić information content (AvgIpc) is 3.26. The van der Waals surface area contributed by atoms with Gasteiger partial charge in [-0.05, 0) is 25.1 Å². The van der Waals surface area contributed by atoms with E-state index >= 15 is 0 Å². The van der Waals surface area contributed by atoms with Crippen molar-refractivity contribution in [1.29, 1.82) is 0 Å². The van der Waals surface area contributed by atoms with Gasteiger partial charge in [-0.25, -0.2) is 0 Å². The topological polar surface area (TPSA) is 98.6 Å². The standard InChI is InChI=1S/C22H25N5O4S/c1-14-6-8-15(9-7-14)27-13-23-25-22(27)32-12-20(28)24-17-11-19(31-5)18(30-4)10-16(17)21(29)26(2)3/h6-11,13H,12H2,1-5H3,(H,24,28). The maximum absolute atomic E-state index is 12.7. The number of aryl methyl sites for hydroxylation is 1. The molecule has 0 spiro atoms. The van der Waals surface area contributed by atoms with Gasteiger partial charge in [0.1, 0.15) is 6.33 Å². The zero-order valence-electron chi connectivity index (χ0n) is 18.6. The number of benzene rings is 2. The molecular weight excluding hydrogens is 430 g/mol. The molecule has 2 aromatic carbocycles. The fraction of sp³-hybridized carbons (Fsp3) is 0.273. The van der Waals surface area contributed by atoms with Crippen LogP contribution in [0.1, 0.15) is 15.9 Å². The van der Waals surface area contributed by atoms with Crippen molar-refractivity contribution in [3.05, 3.63) is 53.9 Å². The molecule has 10 heteroatoms. The molecule has 0 aliphatic rings. The largest absolute Gasteiger partial charge is 0.493 e. The summed E-state index contributed by atoms with van der Waals surface area (Å²) in [5.74, 6) is 0.316. The normalized spacial score (nSPS) is 10.5. The molecule has 0 atom stereocenters. The number of methoxy groups -OCH3 is 2. The second-order valence-corrected chi connectivity index (χ2v) is 8.05. The number of hydrogen-bond donors (Lipinski definition) is 1. The van der Waals surface area contributed by atoms with Crippen molar-refractivity contribution in [1.82, 2.24) is 19.7 Å². The number of ether oxygens (including phenoxy) is 2. The van der Waals surface area contributed by atoms with Crippen LogP contribution >= 0.6 is 11.8 Å². The summed E-state index contributed by atoms with van der Waals surface area (Å²) in [4.78, 5) is 26.8. The number of aromatic nitrogens is 3. The van der Waals surface area contributed by atoms with Gasteiger partial charge in [-0.15, -0.1) is 10.2 Å². The Kier molecular flexibility index (Phi) is 7.37. The molecule has 1 heterocycles. The Hall–Kier alpha value is -3.53. The Morgan fingerprint density at radius 3 is 2.38 bits per heavy atom. The van der Waals surface area contributed by atoms with Crippen LogP contribution in [-0.2, 0) is 4.79 Å². The van der Waals surface area contributed by atoms with E-state index in [-0.39, 0.29) is 17.6 Å². The van der Waals surface area contributed by atoms with Gasteiger partial charge in [-0.2, -0.15) is 0 Å². The third-order valence-electron chi connectivity index (χ3n) is 4.60. The average molecular weight is 456 g/mol. The van der Waals surface area contributed by atoms with Gasteiger partial charge in [-0.1, -0.05) is 29.5 Å². The van der Waals surface area contributed by atoms with Crippen LogP contribution in [0.2, 0.25) is 0 Å². The van der Waals surface area contributed by atoms with E-state index in [0.29, 0.717) is 27.9 Å². The van der Waals surface area contributed by atoms with E-state index in [1.807, 2.05) is 35.8 Å². The van der Waals surface area contributed by atoms with Crippen molar-refractivity contribution < 1.29 is 19.1 Å². The van der Waals surface area contributed by atoms with Crippen molar-refractivity contribution in [3.8, 4) is 17.2 Å². The van der Waals surface area contributed by atoms with Crippen LogP contribution < -0.4 is 14.8 Å². The van der Waals surface area contributed by atoms with Crippen molar-refractivity contribution in [3.63, 3.8) is 0 Å². The fourth-order valence-corrected chi connectivity index (χ4v) is 3.65. The van der Waals surface area contributed by atoms with Gasteiger partial charge in [0.25, 0.3) is 5.91 Å². The molecule has 168 valence electrons. The Labute approximate surface area is 190 Å². The quantitative estimate of drug-likeness (QED) is 0.521. The highest BCUT2D eigenvalue weighted by molar-refractivity contribution is 7.99. The van der Waals surface area contributed by atoms with E-state index in [1.165, 1.54) is 30.9 Å². The van der Waals surface area contributed by atoms with Crippen LogP contribution in [0.25, 0.3) is 5.69 Å². The number of hydrogen-bond acceptors (Lipinski definition) is 7. The van der Waals surface area contributed by atoms with Crippen molar-refractivity contribution in [2.45, 2.75) is 12.1 Å². The summed E-state index contributed by atoms with van der Waals surface area (Å²) in [5, 5.41) is 11.5. The Bertz CT molecular complexity index is 1110. The molecule has 1 aromatic heterocycles. The lowest BCUT2D eigenvalue weighted by Crippen LogP contribution is -2.24. The number of nitrogens with one attached hydrogen (secondary N) is 1.